The van der Waals surface area contributed by atoms with E-state index in [1.165, 1.54) is 50.2 Å². The van der Waals surface area contributed by atoms with Crippen molar-refractivity contribution < 1.29 is 18.6 Å². The van der Waals surface area contributed by atoms with E-state index in [1.807, 2.05) is 0 Å². The van der Waals surface area contributed by atoms with Gasteiger partial charge in [-0.05, 0) is 66.2 Å². The van der Waals surface area contributed by atoms with E-state index in [9.17, 15) is 9.18 Å². The van der Waals surface area contributed by atoms with Crippen molar-refractivity contribution in [2.45, 2.75) is 0 Å². The highest BCUT2D eigenvalue weighted by molar-refractivity contribution is 6.31. The van der Waals surface area contributed by atoms with Crippen LogP contribution in [0.3, 0.4) is 0 Å². The van der Waals surface area contributed by atoms with Crippen LogP contribution in [0, 0.1) is 5.82 Å². The van der Waals surface area contributed by atoms with E-state index in [1.54, 1.807) is 42.5 Å². The lowest BCUT2D eigenvalue weighted by Gasteiger charge is -2.13. The van der Waals surface area contributed by atoms with E-state index in [0.717, 1.165) is 5.56 Å². The normalized spacial score (nSPS) is 11.2. The highest BCUT2D eigenvalue weighted by Crippen LogP contribution is 2.38. The first kappa shape index (κ1) is 22.4. The fourth-order valence-corrected chi connectivity index (χ4v) is 3.66. The Bertz CT molecular complexity index is 1390. The van der Waals surface area contributed by atoms with Crippen molar-refractivity contribution in [1.29, 1.82) is 0 Å². The number of benzene rings is 3. The van der Waals surface area contributed by atoms with Crippen molar-refractivity contribution in [3.63, 3.8) is 0 Å². The predicted molar refractivity (Wildman–Crippen MR) is 127 cm³/mol. The predicted octanol–water partition coefficient (Wildman–Crippen LogP) is 5.37. The van der Waals surface area contributed by atoms with Crippen molar-refractivity contribution in [3.05, 3.63) is 87.2 Å². The number of hydrogen-bond acceptors (Lipinski definition) is 5. The summed E-state index contributed by atoms with van der Waals surface area (Å²) in [6.07, 6.45) is 3.45. The van der Waals surface area contributed by atoms with Crippen molar-refractivity contribution in [2.24, 2.45) is 0 Å². The van der Waals surface area contributed by atoms with Crippen LogP contribution in [-0.4, -0.2) is 30.9 Å². The summed E-state index contributed by atoms with van der Waals surface area (Å²) in [7, 11) is 4.60. The van der Waals surface area contributed by atoms with Gasteiger partial charge in [0.25, 0.3) is 5.56 Å². The zero-order valence-corrected chi connectivity index (χ0v) is 18.9. The summed E-state index contributed by atoms with van der Waals surface area (Å²) in [5.74, 6) is 1.40. The largest absolute Gasteiger partial charge is 0.493 e. The minimum Gasteiger partial charge on any atom is -0.493 e. The number of hydrogen-bond donors (Lipinski definition) is 0. The van der Waals surface area contributed by atoms with Crippen LogP contribution in [-0.2, 0) is 0 Å². The second-order valence-corrected chi connectivity index (χ2v) is 7.48. The molecule has 0 saturated heterocycles. The highest BCUT2D eigenvalue weighted by Gasteiger charge is 2.14. The van der Waals surface area contributed by atoms with Gasteiger partial charge in [0.15, 0.2) is 11.5 Å². The fourth-order valence-electron chi connectivity index (χ4n) is 3.50. The van der Waals surface area contributed by atoms with Crippen LogP contribution in [0.4, 0.5) is 4.39 Å². The molecule has 0 saturated carbocycles. The topological polar surface area (TPSA) is 62.6 Å². The first-order valence-corrected chi connectivity index (χ1v) is 10.3. The second kappa shape index (κ2) is 9.34. The van der Waals surface area contributed by atoms with Gasteiger partial charge in [-0.15, -0.1) is 0 Å². The van der Waals surface area contributed by atoms with Crippen LogP contribution < -0.4 is 19.8 Å². The second-order valence-electron chi connectivity index (χ2n) is 7.04. The monoisotopic (exact) mass is 466 g/mol. The molecule has 4 aromatic rings. The lowest BCUT2D eigenvalue weighted by Crippen LogP contribution is -2.22. The molecule has 0 fully saturated rings. The number of nitrogens with zero attached hydrogens (tertiary/aromatic N) is 2. The van der Waals surface area contributed by atoms with Crippen LogP contribution in [0.1, 0.15) is 11.4 Å². The molecule has 0 amide bonds. The average molecular weight is 467 g/mol. The maximum atomic E-state index is 13.5. The summed E-state index contributed by atoms with van der Waals surface area (Å²) < 4.78 is 31.1. The molecule has 168 valence electrons. The lowest BCUT2D eigenvalue weighted by atomic mass is 10.1. The van der Waals surface area contributed by atoms with Crippen molar-refractivity contribution in [2.75, 3.05) is 21.3 Å². The fraction of sp³-hybridized carbons (Fsp3) is 0.120. The molecule has 33 heavy (non-hydrogen) atoms. The number of aromatic nitrogens is 2. The number of ether oxygens (including phenoxy) is 3. The molecule has 4 rings (SSSR count). The first-order chi connectivity index (χ1) is 15.9. The molecule has 6 nitrogen and oxygen atoms in total. The Hall–Kier alpha value is -3.84. The Morgan fingerprint density at radius 1 is 0.909 bits per heavy atom. The molecule has 0 unspecified atom stereocenters. The van der Waals surface area contributed by atoms with Gasteiger partial charge in [0, 0.05) is 5.02 Å². The van der Waals surface area contributed by atoms with Gasteiger partial charge in [-0.1, -0.05) is 17.7 Å². The molecule has 1 heterocycles. The van der Waals surface area contributed by atoms with E-state index in [2.05, 4.69) is 4.98 Å². The maximum Gasteiger partial charge on any atom is 0.266 e. The SMILES string of the molecule is COc1cc(C=Cc2nc3cc(Cl)ccc3c(=O)n2-c2ccc(F)cc2)cc(OC)c1OC. The summed E-state index contributed by atoms with van der Waals surface area (Å²) in [5, 5.41) is 0.863. The number of halogens is 2. The summed E-state index contributed by atoms with van der Waals surface area (Å²) >= 11 is 6.12. The Labute approximate surface area is 194 Å². The van der Waals surface area contributed by atoms with E-state index >= 15 is 0 Å². The number of rotatable bonds is 6. The van der Waals surface area contributed by atoms with Crippen LogP contribution >= 0.6 is 11.6 Å². The van der Waals surface area contributed by atoms with Crippen LogP contribution in [0.2, 0.25) is 5.02 Å². The molecule has 3 aromatic carbocycles. The minimum atomic E-state index is -0.401. The van der Waals surface area contributed by atoms with Crippen molar-refractivity contribution >= 4 is 34.7 Å². The zero-order valence-electron chi connectivity index (χ0n) is 18.1. The molecular weight excluding hydrogens is 447 g/mol. The van der Waals surface area contributed by atoms with Crippen LogP contribution in [0.25, 0.3) is 28.7 Å². The van der Waals surface area contributed by atoms with E-state index in [0.29, 0.717) is 44.7 Å². The summed E-state index contributed by atoms with van der Waals surface area (Å²) in [6, 6.07) is 14.1. The highest BCUT2D eigenvalue weighted by atomic mass is 35.5. The summed E-state index contributed by atoms with van der Waals surface area (Å²) in [5.41, 5.74) is 1.37. The van der Waals surface area contributed by atoms with Gasteiger partial charge in [0.05, 0.1) is 37.9 Å². The molecule has 8 heteroatoms. The molecule has 0 bridgehead atoms. The molecular formula is C25H20ClFN2O4. The smallest absolute Gasteiger partial charge is 0.266 e. The third-order valence-electron chi connectivity index (χ3n) is 5.05. The van der Waals surface area contributed by atoms with E-state index in [-0.39, 0.29) is 5.56 Å². The summed E-state index contributed by atoms with van der Waals surface area (Å²) in [6.45, 7) is 0. The summed E-state index contributed by atoms with van der Waals surface area (Å²) in [4.78, 5) is 18.0. The molecule has 0 atom stereocenters. The Morgan fingerprint density at radius 3 is 2.18 bits per heavy atom. The van der Waals surface area contributed by atoms with Crippen molar-refractivity contribution in [3.8, 4) is 22.9 Å². The third kappa shape index (κ3) is 4.40. The molecule has 0 N–H and O–H groups in total. The molecule has 0 aliphatic heterocycles. The zero-order chi connectivity index (χ0) is 23.5. The third-order valence-corrected chi connectivity index (χ3v) is 5.29. The molecule has 1 aromatic heterocycles. The van der Waals surface area contributed by atoms with Gasteiger partial charge < -0.3 is 14.2 Å². The maximum absolute atomic E-state index is 13.5. The van der Waals surface area contributed by atoms with Gasteiger partial charge in [-0.3, -0.25) is 9.36 Å². The molecule has 0 aliphatic carbocycles. The van der Waals surface area contributed by atoms with Gasteiger partial charge in [-0.2, -0.15) is 0 Å². The van der Waals surface area contributed by atoms with E-state index in [4.69, 9.17) is 25.8 Å². The van der Waals surface area contributed by atoms with E-state index < -0.39 is 5.82 Å². The van der Waals surface area contributed by atoms with Gasteiger partial charge in [0.1, 0.15) is 11.6 Å². The first-order valence-electron chi connectivity index (χ1n) is 9.91. The standard InChI is InChI=1S/C25H20ClFN2O4/c1-31-21-12-15(13-22(32-2)24(21)33-3)4-11-23-28-20-14-16(26)5-10-19(20)25(30)29(23)18-8-6-17(27)7-9-18/h4-14H,1-3H3. The Kier molecular flexibility index (Phi) is 6.33. The molecule has 0 aliphatic rings. The Balaban J connectivity index is 1.91. The quantitative estimate of drug-likeness (QED) is 0.382. The van der Waals surface area contributed by atoms with Gasteiger partial charge >= 0.3 is 0 Å². The van der Waals surface area contributed by atoms with Crippen LogP contribution in [0.5, 0.6) is 17.2 Å². The molecule has 0 spiro atoms. The average Bonchev–Trinajstić information content (AvgIpc) is 2.82. The van der Waals surface area contributed by atoms with Gasteiger partial charge in [0.2, 0.25) is 5.75 Å². The lowest BCUT2D eigenvalue weighted by molar-refractivity contribution is 0.324. The number of fused-ring (bicyclic) bond motifs is 1. The van der Waals surface area contributed by atoms with Crippen molar-refractivity contribution in [1.82, 2.24) is 9.55 Å². The van der Waals surface area contributed by atoms with Gasteiger partial charge in [-0.25, -0.2) is 9.37 Å². The Morgan fingerprint density at radius 2 is 1.58 bits per heavy atom. The minimum absolute atomic E-state index is 0.298. The molecule has 0 radical (unpaired) electrons. The number of methoxy groups -OCH3 is 3. The van der Waals surface area contributed by atoms with Crippen LogP contribution in [0.15, 0.2) is 59.4 Å².